The lowest BCUT2D eigenvalue weighted by Crippen LogP contribution is -2.47. The van der Waals surface area contributed by atoms with E-state index >= 15 is 0 Å². The number of ether oxygens (including phenoxy) is 1. The van der Waals surface area contributed by atoms with Crippen LogP contribution in [0.2, 0.25) is 0 Å². The number of urea groups is 1. The third-order valence-electron chi connectivity index (χ3n) is 5.10. The van der Waals surface area contributed by atoms with Crippen LogP contribution in [0.25, 0.3) is 5.69 Å². The summed E-state index contributed by atoms with van der Waals surface area (Å²) in [6.07, 6.45) is 1.42. The molecule has 3 rings (SSSR count). The minimum Gasteiger partial charge on any atom is -0.497 e. The van der Waals surface area contributed by atoms with Gasteiger partial charge in [0.25, 0.3) is 5.91 Å². The SMILES string of the molecule is COc1cccc(-n2c(C)cc(C(=O)N3CCC(NC(N)=O)CC3)c2C)c1. The Labute approximate surface area is 159 Å². The molecule has 1 fully saturated rings. The smallest absolute Gasteiger partial charge is 0.312 e. The molecule has 0 bridgehead atoms. The molecule has 3 amide bonds. The number of nitrogens with zero attached hydrogens (tertiary/aromatic N) is 2. The number of carbonyl (C=O) groups excluding carboxylic acids is 2. The molecule has 1 aromatic carbocycles. The van der Waals surface area contributed by atoms with Gasteiger partial charge in [-0.1, -0.05) is 6.07 Å². The first-order valence-electron chi connectivity index (χ1n) is 9.09. The number of hydrogen-bond donors (Lipinski definition) is 2. The van der Waals surface area contributed by atoms with Crippen molar-refractivity contribution in [1.29, 1.82) is 0 Å². The number of benzene rings is 1. The number of aromatic nitrogens is 1. The lowest BCUT2D eigenvalue weighted by molar-refractivity contribution is 0.0708. The number of carbonyl (C=O) groups is 2. The summed E-state index contributed by atoms with van der Waals surface area (Å²) in [5, 5.41) is 2.72. The van der Waals surface area contributed by atoms with Gasteiger partial charge in [0.15, 0.2) is 0 Å². The van der Waals surface area contributed by atoms with Crippen LogP contribution in [0, 0.1) is 13.8 Å². The highest BCUT2D eigenvalue weighted by molar-refractivity contribution is 5.96. The predicted molar refractivity (Wildman–Crippen MR) is 103 cm³/mol. The molecular formula is C20H26N4O3. The molecule has 3 N–H and O–H groups in total. The highest BCUT2D eigenvalue weighted by atomic mass is 16.5. The Bertz CT molecular complexity index is 851. The van der Waals surface area contributed by atoms with Gasteiger partial charge in [-0.3, -0.25) is 4.79 Å². The number of piperidine rings is 1. The molecule has 144 valence electrons. The Morgan fingerprint density at radius 1 is 1.19 bits per heavy atom. The summed E-state index contributed by atoms with van der Waals surface area (Å²) in [7, 11) is 1.64. The molecule has 2 aromatic rings. The van der Waals surface area contributed by atoms with E-state index in [-0.39, 0.29) is 11.9 Å². The van der Waals surface area contributed by atoms with Crippen molar-refractivity contribution in [3.63, 3.8) is 0 Å². The number of amides is 3. The molecule has 0 atom stereocenters. The first kappa shape index (κ1) is 18.8. The van der Waals surface area contributed by atoms with Crippen LogP contribution in [-0.2, 0) is 0 Å². The number of methoxy groups -OCH3 is 1. The maximum atomic E-state index is 13.0. The molecule has 0 unspecified atom stereocenters. The van der Waals surface area contributed by atoms with E-state index in [1.165, 1.54) is 0 Å². The number of aryl methyl sites for hydroxylation is 1. The lowest BCUT2D eigenvalue weighted by Gasteiger charge is -2.32. The molecule has 0 spiro atoms. The lowest BCUT2D eigenvalue weighted by atomic mass is 10.0. The van der Waals surface area contributed by atoms with E-state index in [1.54, 1.807) is 7.11 Å². The van der Waals surface area contributed by atoms with E-state index in [4.69, 9.17) is 10.5 Å². The minimum absolute atomic E-state index is 0.0229. The van der Waals surface area contributed by atoms with E-state index < -0.39 is 6.03 Å². The van der Waals surface area contributed by atoms with Crippen molar-refractivity contribution in [2.45, 2.75) is 32.7 Å². The Balaban J connectivity index is 1.80. The van der Waals surface area contributed by atoms with Crippen LogP contribution in [-0.4, -0.2) is 47.6 Å². The molecule has 1 aromatic heterocycles. The second-order valence-corrected chi connectivity index (χ2v) is 6.90. The van der Waals surface area contributed by atoms with Crippen molar-refractivity contribution < 1.29 is 14.3 Å². The van der Waals surface area contributed by atoms with Crippen LogP contribution in [0.3, 0.4) is 0 Å². The zero-order chi connectivity index (χ0) is 19.6. The van der Waals surface area contributed by atoms with Gasteiger partial charge in [0.1, 0.15) is 5.75 Å². The first-order chi connectivity index (χ1) is 12.9. The van der Waals surface area contributed by atoms with Gasteiger partial charge >= 0.3 is 6.03 Å². The van der Waals surface area contributed by atoms with Crippen molar-refractivity contribution in [1.82, 2.24) is 14.8 Å². The second-order valence-electron chi connectivity index (χ2n) is 6.90. The van der Waals surface area contributed by atoms with Gasteiger partial charge in [-0.05, 0) is 44.9 Å². The largest absolute Gasteiger partial charge is 0.497 e. The molecule has 0 saturated carbocycles. The molecule has 27 heavy (non-hydrogen) atoms. The summed E-state index contributed by atoms with van der Waals surface area (Å²) in [5.74, 6) is 0.798. The van der Waals surface area contributed by atoms with Gasteiger partial charge in [0.05, 0.1) is 12.7 Å². The first-order valence-corrected chi connectivity index (χ1v) is 9.09. The Morgan fingerprint density at radius 3 is 2.52 bits per heavy atom. The van der Waals surface area contributed by atoms with Crippen molar-refractivity contribution in [2.24, 2.45) is 5.73 Å². The van der Waals surface area contributed by atoms with Crippen molar-refractivity contribution in [2.75, 3.05) is 20.2 Å². The van der Waals surface area contributed by atoms with Crippen LogP contribution in [0.4, 0.5) is 4.79 Å². The predicted octanol–water partition coefficient (Wildman–Crippen LogP) is 2.38. The third kappa shape index (κ3) is 3.92. The summed E-state index contributed by atoms with van der Waals surface area (Å²) in [6, 6.07) is 9.24. The topological polar surface area (TPSA) is 89.6 Å². The van der Waals surface area contributed by atoms with Gasteiger partial charge in [0.2, 0.25) is 0 Å². The highest BCUT2D eigenvalue weighted by Crippen LogP contribution is 2.25. The third-order valence-corrected chi connectivity index (χ3v) is 5.10. The maximum Gasteiger partial charge on any atom is 0.312 e. The Morgan fingerprint density at radius 2 is 1.89 bits per heavy atom. The standard InChI is InChI=1S/C20H26N4O3/c1-13-11-18(14(2)24(13)16-5-4-6-17(12-16)27-3)19(25)23-9-7-15(8-10-23)22-20(21)26/h4-6,11-12,15H,7-10H2,1-3H3,(H3,21,22,26). The van der Waals surface area contributed by atoms with Crippen LogP contribution in [0.1, 0.15) is 34.6 Å². The van der Waals surface area contributed by atoms with Crippen LogP contribution in [0.5, 0.6) is 5.75 Å². The number of hydrogen-bond acceptors (Lipinski definition) is 3. The van der Waals surface area contributed by atoms with E-state index in [1.807, 2.05) is 49.1 Å². The van der Waals surface area contributed by atoms with Crippen molar-refractivity contribution in [3.05, 3.63) is 47.3 Å². The van der Waals surface area contributed by atoms with Crippen LogP contribution >= 0.6 is 0 Å². The molecule has 0 aliphatic carbocycles. The van der Waals surface area contributed by atoms with Crippen molar-refractivity contribution >= 4 is 11.9 Å². The van der Waals surface area contributed by atoms with Gasteiger partial charge < -0.3 is 25.3 Å². The summed E-state index contributed by atoms with van der Waals surface area (Å²) in [5.41, 5.74) is 8.75. The Kier molecular flexibility index (Phi) is 5.39. The zero-order valence-electron chi connectivity index (χ0n) is 16.0. The number of nitrogens with two attached hydrogens (primary N) is 1. The molecule has 7 nitrogen and oxygen atoms in total. The second kappa shape index (κ2) is 7.73. The zero-order valence-corrected chi connectivity index (χ0v) is 16.0. The molecule has 7 heteroatoms. The maximum absolute atomic E-state index is 13.0. The average Bonchev–Trinajstić information content (AvgIpc) is 2.95. The fourth-order valence-corrected chi connectivity index (χ4v) is 3.72. The highest BCUT2D eigenvalue weighted by Gasteiger charge is 2.26. The van der Waals surface area contributed by atoms with Gasteiger partial charge in [-0.25, -0.2) is 4.79 Å². The van der Waals surface area contributed by atoms with E-state index in [0.717, 1.165) is 22.8 Å². The van der Waals surface area contributed by atoms with Gasteiger partial charge in [-0.2, -0.15) is 0 Å². The summed E-state index contributed by atoms with van der Waals surface area (Å²) in [4.78, 5) is 25.9. The van der Waals surface area contributed by atoms with Crippen LogP contribution < -0.4 is 15.8 Å². The van der Waals surface area contributed by atoms with E-state index in [0.29, 0.717) is 31.5 Å². The Hall–Kier alpha value is -2.96. The monoisotopic (exact) mass is 370 g/mol. The fraction of sp³-hybridized carbons (Fsp3) is 0.400. The fourth-order valence-electron chi connectivity index (χ4n) is 3.72. The summed E-state index contributed by atoms with van der Waals surface area (Å²) >= 11 is 0. The van der Waals surface area contributed by atoms with E-state index in [2.05, 4.69) is 9.88 Å². The van der Waals surface area contributed by atoms with Gasteiger partial charge in [-0.15, -0.1) is 0 Å². The number of primary amides is 1. The molecule has 0 radical (unpaired) electrons. The van der Waals surface area contributed by atoms with Crippen LogP contribution in [0.15, 0.2) is 30.3 Å². The average molecular weight is 370 g/mol. The molecule has 1 saturated heterocycles. The molecule has 1 aliphatic heterocycles. The minimum atomic E-state index is -0.512. The van der Waals surface area contributed by atoms with Crippen molar-refractivity contribution in [3.8, 4) is 11.4 Å². The quantitative estimate of drug-likeness (QED) is 0.866. The number of rotatable bonds is 4. The van der Waals surface area contributed by atoms with Gasteiger partial charge in [0, 0.05) is 42.3 Å². The summed E-state index contributed by atoms with van der Waals surface area (Å²) in [6.45, 7) is 5.16. The molecule has 2 heterocycles. The van der Waals surface area contributed by atoms with E-state index in [9.17, 15) is 9.59 Å². The number of nitrogens with one attached hydrogen (secondary N) is 1. The number of likely N-dealkylation sites (tertiary alicyclic amines) is 1. The molecule has 1 aliphatic rings. The summed E-state index contributed by atoms with van der Waals surface area (Å²) < 4.78 is 7.38. The normalized spacial score (nSPS) is 14.9. The molecular weight excluding hydrogens is 344 g/mol.